The number of hydrogen-bond donors (Lipinski definition) is 2. The zero-order valence-electron chi connectivity index (χ0n) is 17.5. The number of carbonyl (C=O) groups excluding carboxylic acids is 1. The van der Waals surface area contributed by atoms with Crippen LogP contribution in [0.3, 0.4) is 0 Å². The van der Waals surface area contributed by atoms with E-state index in [1.165, 1.54) is 5.56 Å². The Morgan fingerprint density at radius 2 is 1.73 bits per heavy atom. The molecule has 1 fully saturated rings. The van der Waals surface area contributed by atoms with Crippen LogP contribution in [0.4, 0.5) is 4.79 Å². The lowest BCUT2D eigenvalue weighted by Crippen LogP contribution is -2.43. The minimum Gasteiger partial charge on any atom is -0.508 e. The first-order valence-corrected chi connectivity index (χ1v) is 10.4. The van der Waals surface area contributed by atoms with Crippen molar-refractivity contribution in [3.63, 3.8) is 0 Å². The molecular weight excluding hydrogens is 376 g/mol. The highest BCUT2D eigenvalue weighted by molar-refractivity contribution is 5.74. The maximum absolute atomic E-state index is 12.7. The number of urea groups is 1. The molecule has 2 N–H and O–H groups in total. The highest BCUT2D eigenvalue weighted by Gasteiger charge is 2.24. The van der Waals surface area contributed by atoms with Crippen LogP contribution in [-0.4, -0.2) is 38.9 Å². The number of benzene rings is 2. The molecule has 30 heavy (non-hydrogen) atoms. The van der Waals surface area contributed by atoms with Crippen molar-refractivity contribution in [1.29, 1.82) is 0 Å². The second-order valence-corrected chi connectivity index (χ2v) is 7.91. The fourth-order valence-corrected chi connectivity index (χ4v) is 4.19. The SMILES string of the molecule is Cc1nn(-c2ccccc2)c(C)c1CNC(=O)N1CCC(c2ccc(O)cc2)CC1. The molecule has 2 aromatic carbocycles. The second-order valence-electron chi connectivity index (χ2n) is 7.91. The largest absolute Gasteiger partial charge is 0.508 e. The van der Waals surface area contributed by atoms with Gasteiger partial charge in [0.15, 0.2) is 0 Å². The van der Waals surface area contributed by atoms with E-state index in [2.05, 4.69) is 10.4 Å². The molecule has 0 bridgehead atoms. The van der Waals surface area contributed by atoms with Crippen molar-refractivity contribution >= 4 is 6.03 Å². The third-order valence-corrected chi connectivity index (χ3v) is 6.00. The number of nitrogens with one attached hydrogen (secondary N) is 1. The van der Waals surface area contributed by atoms with Crippen LogP contribution in [0.5, 0.6) is 5.75 Å². The van der Waals surface area contributed by atoms with Crippen LogP contribution in [0.15, 0.2) is 54.6 Å². The maximum Gasteiger partial charge on any atom is 0.317 e. The number of para-hydroxylation sites is 1. The number of rotatable bonds is 4. The predicted octanol–water partition coefficient (Wildman–Crippen LogP) is 4.28. The number of piperidine rings is 1. The first kappa shape index (κ1) is 20.0. The van der Waals surface area contributed by atoms with Crippen molar-refractivity contribution < 1.29 is 9.90 Å². The molecule has 0 saturated carbocycles. The average molecular weight is 405 g/mol. The topological polar surface area (TPSA) is 70.4 Å². The number of phenolic OH excluding ortho intramolecular Hbond substituents is 1. The molecule has 6 heteroatoms. The lowest BCUT2D eigenvalue weighted by atomic mass is 9.89. The third-order valence-electron chi connectivity index (χ3n) is 6.00. The summed E-state index contributed by atoms with van der Waals surface area (Å²) in [6, 6.07) is 17.4. The molecule has 2 heterocycles. The van der Waals surface area contributed by atoms with Gasteiger partial charge < -0.3 is 15.3 Å². The number of phenols is 1. The monoisotopic (exact) mass is 404 g/mol. The van der Waals surface area contributed by atoms with Crippen LogP contribution in [-0.2, 0) is 6.54 Å². The Balaban J connectivity index is 1.34. The number of aromatic hydroxyl groups is 1. The quantitative estimate of drug-likeness (QED) is 0.682. The Kier molecular flexibility index (Phi) is 5.74. The van der Waals surface area contributed by atoms with E-state index < -0.39 is 0 Å². The molecule has 0 unspecified atom stereocenters. The van der Waals surface area contributed by atoms with Crippen molar-refractivity contribution in [2.45, 2.75) is 39.2 Å². The number of nitrogens with zero attached hydrogens (tertiary/aromatic N) is 3. The van der Waals surface area contributed by atoms with Gasteiger partial charge in [-0.3, -0.25) is 0 Å². The van der Waals surface area contributed by atoms with Gasteiger partial charge in [-0.25, -0.2) is 9.48 Å². The van der Waals surface area contributed by atoms with E-state index in [0.29, 0.717) is 12.5 Å². The summed E-state index contributed by atoms with van der Waals surface area (Å²) in [6.07, 6.45) is 1.87. The van der Waals surface area contributed by atoms with Crippen LogP contribution >= 0.6 is 0 Å². The summed E-state index contributed by atoms with van der Waals surface area (Å²) in [5.74, 6) is 0.722. The Labute approximate surface area is 177 Å². The van der Waals surface area contributed by atoms with Gasteiger partial charge in [0.2, 0.25) is 0 Å². The van der Waals surface area contributed by atoms with Gasteiger partial charge in [-0.2, -0.15) is 5.10 Å². The van der Waals surface area contributed by atoms with Crippen LogP contribution < -0.4 is 5.32 Å². The molecular formula is C24H28N4O2. The normalized spacial score (nSPS) is 14.7. The van der Waals surface area contributed by atoms with E-state index in [9.17, 15) is 9.90 Å². The van der Waals surface area contributed by atoms with Crippen LogP contribution in [0, 0.1) is 13.8 Å². The van der Waals surface area contributed by atoms with Gasteiger partial charge in [0.05, 0.1) is 11.4 Å². The molecule has 1 aromatic heterocycles. The Bertz CT molecular complexity index is 1000. The number of likely N-dealkylation sites (tertiary alicyclic amines) is 1. The van der Waals surface area contributed by atoms with Gasteiger partial charge in [-0.1, -0.05) is 30.3 Å². The summed E-state index contributed by atoms with van der Waals surface area (Å²) in [7, 11) is 0. The van der Waals surface area contributed by atoms with Crippen LogP contribution in [0.2, 0.25) is 0 Å². The van der Waals surface area contributed by atoms with Crippen molar-refractivity contribution in [1.82, 2.24) is 20.0 Å². The van der Waals surface area contributed by atoms with Crippen molar-refractivity contribution in [2.75, 3.05) is 13.1 Å². The van der Waals surface area contributed by atoms with E-state index in [4.69, 9.17) is 0 Å². The fraction of sp³-hybridized carbons (Fsp3) is 0.333. The second kappa shape index (κ2) is 8.61. The Morgan fingerprint density at radius 1 is 1.07 bits per heavy atom. The predicted molar refractivity (Wildman–Crippen MR) is 117 cm³/mol. The van der Waals surface area contributed by atoms with E-state index in [0.717, 1.165) is 48.6 Å². The van der Waals surface area contributed by atoms with Gasteiger partial charge in [-0.05, 0) is 62.4 Å². The zero-order chi connectivity index (χ0) is 21.1. The van der Waals surface area contributed by atoms with Gasteiger partial charge in [0, 0.05) is 30.9 Å². The first-order valence-electron chi connectivity index (χ1n) is 10.4. The summed E-state index contributed by atoms with van der Waals surface area (Å²) in [4.78, 5) is 14.6. The molecule has 156 valence electrons. The molecule has 4 rings (SSSR count). The highest BCUT2D eigenvalue weighted by atomic mass is 16.3. The number of aromatic nitrogens is 2. The number of carbonyl (C=O) groups is 1. The van der Waals surface area contributed by atoms with E-state index in [-0.39, 0.29) is 11.8 Å². The number of hydrogen-bond acceptors (Lipinski definition) is 3. The summed E-state index contributed by atoms with van der Waals surface area (Å²) in [5.41, 5.74) is 5.29. The van der Waals surface area contributed by atoms with Gasteiger partial charge in [0.1, 0.15) is 5.75 Å². The molecule has 0 atom stereocenters. The van der Waals surface area contributed by atoms with Gasteiger partial charge >= 0.3 is 6.03 Å². The molecule has 1 aliphatic heterocycles. The molecule has 3 aromatic rings. The molecule has 2 amide bonds. The van der Waals surface area contributed by atoms with E-state index in [1.54, 1.807) is 12.1 Å². The van der Waals surface area contributed by atoms with E-state index >= 15 is 0 Å². The Morgan fingerprint density at radius 3 is 2.40 bits per heavy atom. The number of aryl methyl sites for hydroxylation is 1. The fourth-order valence-electron chi connectivity index (χ4n) is 4.19. The van der Waals surface area contributed by atoms with E-state index in [1.807, 2.05) is 65.9 Å². The molecule has 0 spiro atoms. The molecule has 0 aliphatic carbocycles. The smallest absolute Gasteiger partial charge is 0.317 e. The minimum atomic E-state index is -0.0228. The standard InChI is InChI=1S/C24H28N4O2/c1-17-23(18(2)28(26-17)21-6-4-3-5-7-21)16-25-24(30)27-14-12-20(13-15-27)19-8-10-22(29)11-9-19/h3-11,20,29H,12-16H2,1-2H3,(H,25,30). The lowest BCUT2D eigenvalue weighted by molar-refractivity contribution is 0.181. The average Bonchev–Trinajstić information content (AvgIpc) is 3.06. The van der Waals surface area contributed by atoms with Crippen molar-refractivity contribution in [2.24, 2.45) is 0 Å². The third kappa shape index (κ3) is 4.17. The summed E-state index contributed by atoms with van der Waals surface area (Å²) < 4.78 is 1.93. The summed E-state index contributed by atoms with van der Waals surface area (Å²) >= 11 is 0. The first-order chi connectivity index (χ1) is 14.5. The minimum absolute atomic E-state index is 0.0228. The lowest BCUT2D eigenvalue weighted by Gasteiger charge is -2.32. The molecule has 0 radical (unpaired) electrons. The Hall–Kier alpha value is -3.28. The molecule has 1 aliphatic rings. The van der Waals surface area contributed by atoms with Gasteiger partial charge in [-0.15, -0.1) is 0 Å². The number of amides is 2. The van der Waals surface area contributed by atoms with Crippen molar-refractivity contribution in [3.8, 4) is 11.4 Å². The van der Waals surface area contributed by atoms with Crippen LogP contribution in [0.1, 0.15) is 41.3 Å². The zero-order valence-corrected chi connectivity index (χ0v) is 17.5. The summed E-state index contributed by atoms with van der Waals surface area (Å²) in [6.45, 7) is 5.97. The van der Waals surface area contributed by atoms with Crippen molar-refractivity contribution in [3.05, 3.63) is 77.1 Å². The maximum atomic E-state index is 12.7. The van der Waals surface area contributed by atoms with Crippen LogP contribution in [0.25, 0.3) is 5.69 Å². The molecule has 6 nitrogen and oxygen atoms in total. The highest BCUT2D eigenvalue weighted by Crippen LogP contribution is 2.29. The molecule has 1 saturated heterocycles. The van der Waals surface area contributed by atoms with Gasteiger partial charge in [0.25, 0.3) is 0 Å². The summed E-state index contributed by atoms with van der Waals surface area (Å²) in [5, 5.41) is 17.2.